The fourth-order valence-electron chi connectivity index (χ4n) is 4.27. The van der Waals surface area contributed by atoms with E-state index in [-0.39, 0.29) is 5.91 Å². The van der Waals surface area contributed by atoms with E-state index in [1.807, 2.05) is 86.6 Å². The number of hydrogen-bond donors (Lipinski definition) is 2. The number of aromatic nitrogens is 3. The second kappa shape index (κ2) is 10.7. The minimum Gasteiger partial charge on any atom is -0.497 e. The maximum atomic E-state index is 13.7. The second-order valence-electron chi connectivity index (χ2n) is 8.65. The molecule has 7 nitrogen and oxygen atoms in total. The zero-order valence-electron chi connectivity index (χ0n) is 20.7. The van der Waals surface area contributed by atoms with Crippen molar-refractivity contribution in [1.82, 2.24) is 14.8 Å². The normalized spacial score (nSPS) is 14.6. The molecule has 0 aliphatic carbocycles. The number of carbonyl (C=O) groups excluding carboxylic acids is 1. The Labute approximate surface area is 224 Å². The van der Waals surface area contributed by atoms with Crippen LogP contribution in [0.3, 0.4) is 0 Å². The predicted molar refractivity (Wildman–Crippen MR) is 148 cm³/mol. The Morgan fingerprint density at radius 1 is 1.11 bits per heavy atom. The van der Waals surface area contributed by atoms with Crippen molar-refractivity contribution in [2.75, 3.05) is 17.7 Å². The molecule has 0 saturated carbocycles. The number of para-hydroxylation sites is 1. The van der Waals surface area contributed by atoms with Gasteiger partial charge in [0.1, 0.15) is 11.8 Å². The van der Waals surface area contributed by atoms with Crippen LogP contribution in [-0.2, 0) is 10.5 Å². The molecule has 1 aliphatic heterocycles. The van der Waals surface area contributed by atoms with Crippen molar-refractivity contribution >= 4 is 40.9 Å². The van der Waals surface area contributed by atoms with Crippen LogP contribution in [0.2, 0.25) is 5.02 Å². The monoisotopic (exact) mass is 531 g/mol. The molecule has 0 radical (unpaired) electrons. The Morgan fingerprint density at radius 3 is 2.68 bits per heavy atom. The summed E-state index contributed by atoms with van der Waals surface area (Å²) >= 11 is 7.83. The third kappa shape index (κ3) is 5.21. The topological polar surface area (TPSA) is 81.1 Å². The Kier molecular flexibility index (Phi) is 7.21. The maximum absolute atomic E-state index is 13.7. The number of benzene rings is 3. The van der Waals surface area contributed by atoms with Crippen LogP contribution in [0.15, 0.2) is 89.2 Å². The second-order valence-corrected chi connectivity index (χ2v) is 10.0. The molecule has 5 rings (SSSR count). The SMILES string of the molecule is COc1cccc(C2C(C(=O)Nc3ccccc3C)=C(C)Nc3nc(SCc4ccccc4Cl)nn32)c1. The molecule has 2 heterocycles. The molecule has 0 spiro atoms. The van der Waals surface area contributed by atoms with E-state index in [0.717, 1.165) is 22.4 Å². The lowest BCUT2D eigenvalue weighted by molar-refractivity contribution is -0.113. The van der Waals surface area contributed by atoms with E-state index in [4.69, 9.17) is 26.4 Å². The van der Waals surface area contributed by atoms with Crippen molar-refractivity contribution < 1.29 is 9.53 Å². The van der Waals surface area contributed by atoms with Crippen LogP contribution in [0, 0.1) is 6.92 Å². The van der Waals surface area contributed by atoms with Crippen molar-refractivity contribution in [3.8, 4) is 5.75 Å². The summed E-state index contributed by atoms with van der Waals surface area (Å²) in [4.78, 5) is 18.4. The van der Waals surface area contributed by atoms with Crippen LogP contribution in [0.25, 0.3) is 0 Å². The third-order valence-corrected chi connectivity index (χ3v) is 7.45. The molecule has 3 aromatic carbocycles. The number of allylic oxidation sites excluding steroid dienone is 1. The van der Waals surface area contributed by atoms with Gasteiger partial charge >= 0.3 is 0 Å². The summed E-state index contributed by atoms with van der Waals surface area (Å²) in [5.74, 6) is 1.68. The largest absolute Gasteiger partial charge is 0.497 e. The number of methoxy groups -OCH3 is 1. The first-order valence-corrected chi connectivity index (χ1v) is 13.1. The van der Waals surface area contributed by atoms with Gasteiger partial charge in [0.05, 0.1) is 12.7 Å². The molecule has 2 N–H and O–H groups in total. The van der Waals surface area contributed by atoms with Gasteiger partial charge in [0.2, 0.25) is 11.1 Å². The van der Waals surface area contributed by atoms with Gasteiger partial charge in [-0.3, -0.25) is 4.79 Å². The van der Waals surface area contributed by atoms with Crippen LogP contribution in [0.5, 0.6) is 5.75 Å². The van der Waals surface area contributed by atoms with E-state index in [0.29, 0.717) is 38.9 Å². The summed E-state index contributed by atoms with van der Waals surface area (Å²) in [6.07, 6.45) is 0. The number of nitrogens with one attached hydrogen (secondary N) is 2. The van der Waals surface area contributed by atoms with Gasteiger partial charge in [0.15, 0.2) is 0 Å². The molecule has 9 heteroatoms. The molecule has 188 valence electrons. The van der Waals surface area contributed by atoms with Crippen molar-refractivity contribution in [1.29, 1.82) is 0 Å². The van der Waals surface area contributed by atoms with Gasteiger partial charge < -0.3 is 15.4 Å². The molecule has 1 aromatic heterocycles. The Hall–Kier alpha value is -3.75. The fraction of sp³-hybridized carbons (Fsp3) is 0.179. The van der Waals surface area contributed by atoms with E-state index in [1.165, 1.54) is 11.8 Å². The summed E-state index contributed by atoms with van der Waals surface area (Å²) < 4.78 is 7.24. The molecule has 4 aromatic rings. The van der Waals surface area contributed by atoms with Gasteiger partial charge in [-0.25, -0.2) is 4.68 Å². The van der Waals surface area contributed by atoms with Crippen LogP contribution < -0.4 is 15.4 Å². The lowest BCUT2D eigenvalue weighted by Gasteiger charge is -2.29. The average Bonchev–Trinajstić information content (AvgIpc) is 3.31. The Bertz CT molecular complexity index is 1500. The predicted octanol–water partition coefficient (Wildman–Crippen LogP) is 6.47. The molecule has 0 saturated heterocycles. The molecule has 0 bridgehead atoms. The Morgan fingerprint density at radius 2 is 1.89 bits per heavy atom. The highest BCUT2D eigenvalue weighted by molar-refractivity contribution is 7.98. The number of halogens is 1. The minimum atomic E-state index is -0.502. The zero-order chi connectivity index (χ0) is 25.9. The maximum Gasteiger partial charge on any atom is 0.255 e. The molecule has 1 atom stereocenters. The lowest BCUT2D eigenvalue weighted by atomic mass is 9.94. The molecule has 1 aliphatic rings. The zero-order valence-corrected chi connectivity index (χ0v) is 22.2. The van der Waals surface area contributed by atoms with Gasteiger partial charge in [0, 0.05) is 22.2 Å². The number of fused-ring (bicyclic) bond motifs is 1. The average molecular weight is 532 g/mol. The van der Waals surface area contributed by atoms with Crippen LogP contribution in [0.1, 0.15) is 29.7 Å². The number of aryl methyl sites for hydroxylation is 1. The van der Waals surface area contributed by atoms with Gasteiger partial charge in [-0.1, -0.05) is 71.9 Å². The van der Waals surface area contributed by atoms with Crippen LogP contribution in [-0.4, -0.2) is 27.8 Å². The quantitative estimate of drug-likeness (QED) is 0.266. The number of rotatable bonds is 7. The highest BCUT2D eigenvalue weighted by Gasteiger charge is 2.34. The smallest absolute Gasteiger partial charge is 0.255 e. The fourth-order valence-corrected chi connectivity index (χ4v) is 5.38. The molecule has 0 fully saturated rings. The third-order valence-electron chi connectivity index (χ3n) is 6.20. The van der Waals surface area contributed by atoms with Gasteiger partial charge in [-0.2, -0.15) is 4.98 Å². The highest BCUT2D eigenvalue weighted by Crippen LogP contribution is 2.38. The molecular weight excluding hydrogens is 506 g/mol. The van der Waals surface area contributed by atoms with E-state index in [1.54, 1.807) is 11.8 Å². The van der Waals surface area contributed by atoms with Crippen molar-refractivity contribution in [3.63, 3.8) is 0 Å². The number of thioether (sulfide) groups is 1. The number of amides is 1. The van der Waals surface area contributed by atoms with Crippen molar-refractivity contribution in [3.05, 3.63) is 106 Å². The first-order valence-electron chi connectivity index (χ1n) is 11.8. The lowest BCUT2D eigenvalue weighted by Crippen LogP contribution is -2.31. The summed E-state index contributed by atoms with van der Waals surface area (Å²) in [6, 6.07) is 22.6. The highest BCUT2D eigenvalue weighted by atomic mass is 35.5. The van der Waals surface area contributed by atoms with Crippen LogP contribution >= 0.6 is 23.4 Å². The Balaban J connectivity index is 1.52. The van der Waals surface area contributed by atoms with Crippen molar-refractivity contribution in [2.24, 2.45) is 0 Å². The van der Waals surface area contributed by atoms with E-state index >= 15 is 0 Å². The van der Waals surface area contributed by atoms with E-state index in [9.17, 15) is 4.79 Å². The van der Waals surface area contributed by atoms with Gasteiger partial charge in [-0.05, 0) is 54.8 Å². The van der Waals surface area contributed by atoms with E-state index < -0.39 is 6.04 Å². The first kappa shape index (κ1) is 24.9. The summed E-state index contributed by atoms with van der Waals surface area (Å²) in [5, 5.41) is 12.5. The van der Waals surface area contributed by atoms with Crippen LogP contribution in [0.4, 0.5) is 11.6 Å². The minimum absolute atomic E-state index is 0.210. The number of anilines is 2. The standard InChI is InChI=1S/C28H26ClN5O2S/c1-17-9-4-7-14-23(17)31-26(35)24-18(2)30-27-32-28(37-16-20-10-5-6-13-22(20)29)33-34(27)25(24)19-11-8-12-21(15-19)36-3/h4-15,25H,16H2,1-3H3,(H,31,35)(H,30,32,33). The van der Waals surface area contributed by atoms with Crippen molar-refractivity contribution in [2.45, 2.75) is 30.8 Å². The summed E-state index contributed by atoms with van der Waals surface area (Å²) in [5.41, 5.74) is 4.88. The number of hydrogen-bond acceptors (Lipinski definition) is 6. The molecule has 37 heavy (non-hydrogen) atoms. The van der Waals surface area contributed by atoms with Gasteiger partial charge in [-0.15, -0.1) is 5.10 Å². The summed E-state index contributed by atoms with van der Waals surface area (Å²) in [7, 11) is 1.62. The molecule has 1 unspecified atom stereocenters. The molecular formula is C28H26ClN5O2S. The molecule has 1 amide bonds. The number of carbonyl (C=O) groups is 1. The number of nitrogens with zero attached hydrogens (tertiary/aromatic N) is 3. The first-order chi connectivity index (χ1) is 17.9. The van der Waals surface area contributed by atoms with Gasteiger partial charge in [0.25, 0.3) is 5.91 Å². The van der Waals surface area contributed by atoms with E-state index in [2.05, 4.69) is 10.6 Å². The summed E-state index contributed by atoms with van der Waals surface area (Å²) in [6.45, 7) is 3.85. The number of ether oxygens (including phenoxy) is 1.